The number of aromatic nitrogens is 1. The Morgan fingerprint density at radius 1 is 1.20 bits per heavy atom. The summed E-state index contributed by atoms with van der Waals surface area (Å²) in [5, 5.41) is 6.94. The number of para-hydroxylation sites is 1. The molecule has 2 aromatic heterocycles. The van der Waals surface area contributed by atoms with Crippen molar-refractivity contribution in [2.45, 2.75) is 18.9 Å². The molecule has 0 bridgehead atoms. The zero-order valence-corrected chi connectivity index (χ0v) is 22.8. The van der Waals surface area contributed by atoms with Crippen molar-refractivity contribution in [3.05, 3.63) is 83.3 Å². The van der Waals surface area contributed by atoms with Gasteiger partial charge in [0.05, 0.1) is 27.5 Å². The fourth-order valence-electron chi connectivity index (χ4n) is 5.00. The summed E-state index contributed by atoms with van der Waals surface area (Å²) in [6, 6.07) is 15.5. The van der Waals surface area contributed by atoms with Gasteiger partial charge in [-0.05, 0) is 55.3 Å². The number of likely N-dealkylation sites (tertiary alicyclic amines) is 1. The quantitative estimate of drug-likeness (QED) is 0.262. The van der Waals surface area contributed by atoms with E-state index in [-0.39, 0.29) is 17.9 Å². The maximum absolute atomic E-state index is 13.4. The molecule has 0 aliphatic carbocycles. The first-order chi connectivity index (χ1) is 19.4. The number of hydrogen-bond donors (Lipinski definition) is 2. The SMILES string of the molecule is C=CC(=O)N1CCC[C@@H](NC(=O)c2sc3nccc4c3c2NC(=O)N4c2ccc(Oc3ccccc3)c(Cl)c2)C1. The number of hydrogen-bond acceptors (Lipinski definition) is 6. The fraction of sp³-hybridized carbons (Fsp3) is 0.172. The van der Waals surface area contributed by atoms with Crippen LogP contribution in [0.2, 0.25) is 5.02 Å². The number of thiophene rings is 1. The number of anilines is 3. The molecule has 6 rings (SSSR count). The summed E-state index contributed by atoms with van der Waals surface area (Å²) in [5.41, 5.74) is 1.55. The van der Waals surface area contributed by atoms with Crippen molar-refractivity contribution in [1.82, 2.24) is 15.2 Å². The Balaban J connectivity index is 1.29. The molecule has 40 heavy (non-hydrogen) atoms. The summed E-state index contributed by atoms with van der Waals surface area (Å²) in [6.07, 6.45) is 4.42. The second-order valence-electron chi connectivity index (χ2n) is 9.41. The van der Waals surface area contributed by atoms with Gasteiger partial charge in [-0.15, -0.1) is 11.3 Å². The van der Waals surface area contributed by atoms with Gasteiger partial charge in [-0.2, -0.15) is 0 Å². The van der Waals surface area contributed by atoms with Crippen LogP contribution in [-0.4, -0.2) is 46.9 Å². The van der Waals surface area contributed by atoms with Gasteiger partial charge in [0.2, 0.25) is 5.91 Å². The van der Waals surface area contributed by atoms with Crippen LogP contribution in [0.15, 0.2) is 73.4 Å². The first kappa shape index (κ1) is 25.8. The maximum atomic E-state index is 13.4. The molecule has 0 saturated carbocycles. The number of nitrogens with zero attached hydrogens (tertiary/aromatic N) is 3. The number of amides is 4. The van der Waals surface area contributed by atoms with Crippen LogP contribution in [0, 0.1) is 0 Å². The molecule has 1 saturated heterocycles. The number of rotatable bonds is 6. The third kappa shape index (κ3) is 4.76. The first-order valence-corrected chi connectivity index (χ1v) is 13.9. The van der Waals surface area contributed by atoms with Crippen molar-refractivity contribution in [2.75, 3.05) is 23.3 Å². The van der Waals surface area contributed by atoms with E-state index in [1.165, 1.54) is 22.3 Å². The molecule has 2 aliphatic rings. The number of halogens is 1. The van der Waals surface area contributed by atoms with E-state index in [1.807, 2.05) is 30.3 Å². The first-order valence-electron chi connectivity index (χ1n) is 12.7. The highest BCUT2D eigenvalue weighted by molar-refractivity contribution is 7.21. The summed E-state index contributed by atoms with van der Waals surface area (Å²) in [7, 11) is 0. The third-order valence-electron chi connectivity index (χ3n) is 6.84. The molecule has 4 aromatic rings. The van der Waals surface area contributed by atoms with Crippen LogP contribution in [0.1, 0.15) is 22.5 Å². The van der Waals surface area contributed by atoms with E-state index >= 15 is 0 Å². The maximum Gasteiger partial charge on any atom is 0.331 e. The molecule has 4 amide bonds. The van der Waals surface area contributed by atoms with Gasteiger partial charge in [0, 0.05) is 25.3 Å². The Bertz CT molecular complexity index is 1660. The molecule has 11 heteroatoms. The van der Waals surface area contributed by atoms with E-state index in [9.17, 15) is 14.4 Å². The van der Waals surface area contributed by atoms with E-state index in [2.05, 4.69) is 22.2 Å². The molecular weight excluding hydrogens is 550 g/mol. The summed E-state index contributed by atoms with van der Waals surface area (Å²) >= 11 is 7.76. The van der Waals surface area contributed by atoms with Crippen LogP contribution >= 0.6 is 22.9 Å². The van der Waals surface area contributed by atoms with E-state index in [4.69, 9.17) is 16.3 Å². The smallest absolute Gasteiger partial charge is 0.331 e. The molecule has 9 nitrogen and oxygen atoms in total. The zero-order chi connectivity index (χ0) is 27.8. The van der Waals surface area contributed by atoms with Gasteiger partial charge in [-0.25, -0.2) is 9.78 Å². The summed E-state index contributed by atoms with van der Waals surface area (Å²) < 4.78 is 5.88. The molecule has 0 unspecified atom stereocenters. The van der Waals surface area contributed by atoms with Crippen LogP contribution in [-0.2, 0) is 4.79 Å². The number of carbonyl (C=O) groups is 3. The number of carbonyl (C=O) groups excluding carboxylic acids is 3. The van der Waals surface area contributed by atoms with Crippen LogP contribution in [0.5, 0.6) is 11.5 Å². The molecule has 4 heterocycles. The minimum absolute atomic E-state index is 0.156. The van der Waals surface area contributed by atoms with Gasteiger partial charge < -0.3 is 20.3 Å². The molecule has 2 aliphatic heterocycles. The number of piperidine rings is 1. The Morgan fingerprint density at radius 2 is 2.02 bits per heavy atom. The fourth-order valence-corrected chi connectivity index (χ4v) is 6.24. The summed E-state index contributed by atoms with van der Waals surface area (Å²) in [6.45, 7) is 4.59. The van der Waals surface area contributed by atoms with Crippen LogP contribution in [0.3, 0.4) is 0 Å². The van der Waals surface area contributed by atoms with Gasteiger partial charge in [-0.3, -0.25) is 14.5 Å². The lowest BCUT2D eigenvalue weighted by Crippen LogP contribution is -2.49. The van der Waals surface area contributed by atoms with Gasteiger partial charge >= 0.3 is 6.03 Å². The van der Waals surface area contributed by atoms with Gasteiger partial charge in [0.1, 0.15) is 21.2 Å². The van der Waals surface area contributed by atoms with Gasteiger partial charge in [0.15, 0.2) is 0 Å². The predicted octanol–water partition coefficient (Wildman–Crippen LogP) is 6.33. The molecular formula is C29H24ClN5O4S. The molecule has 2 aromatic carbocycles. The van der Waals surface area contributed by atoms with E-state index < -0.39 is 6.03 Å². The standard InChI is InChI=1S/C29H24ClN5O4S/c1-2-23(36)34-14-6-7-17(16-34)32-27(37)26-25-24-21(12-13-31-28(24)40-26)35(29(38)33-25)18-10-11-22(20(30)15-18)39-19-8-4-3-5-9-19/h2-5,8-13,15,17H,1,6-7,14,16H2,(H,32,37)(H,33,38)/t17-/m1/s1. The molecule has 2 N–H and O–H groups in total. The third-order valence-corrected chi connectivity index (χ3v) is 8.23. The van der Waals surface area contributed by atoms with Gasteiger partial charge in [-0.1, -0.05) is 36.4 Å². The number of nitrogens with one attached hydrogen (secondary N) is 2. The Morgan fingerprint density at radius 3 is 2.80 bits per heavy atom. The summed E-state index contributed by atoms with van der Waals surface area (Å²) in [4.78, 5) is 47.5. The number of ether oxygens (including phenoxy) is 1. The number of pyridine rings is 1. The van der Waals surface area contributed by atoms with Crippen LogP contribution in [0.25, 0.3) is 10.2 Å². The number of urea groups is 1. The second kappa shape index (κ2) is 10.6. The van der Waals surface area contributed by atoms with Crippen molar-refractivity contribution in [3.8, 4) is 11.5 Å². The highest BCUT2D eigenvalue weighted by Crippen LogP contribution is 2.46. The van der Waals surface area contributed by atoms with Crippen molar-refractivity contribution in [2.24, 2.45) is 0 Å². The zero-order valence-electron chi connectivity index (χ0n) is 21.2. The van der Waals surface area contributed by atoms with E-state index in [0.717, 1.165) is 12.8 Å². The van der Waals surface area contributed by atoms with Gasteiger partial charge in [0.25, 0.3) is 5.91 Å². The lowest BCUT2D eigenvalue weighted by atomic mass is 10.1. The minimum Gasteiger partial charge on any atom is -0.456 e. The number of benzene rings is 2. The Labute approximate surface area is 239 Å². The molecule has 1 fully saturated rings. The monoisotopic (exact) mass is 573 g/mol. The average Bonchev–Trinajstić information content (AvgIpc) is 3.34. The Kier molecular flexibility index (Phi) is 6.87. The predicted molar refractivity (Wildman–Crippen MR) is 156 cm³/mol. The van der Waals surface area contributed by atoms with Crippen molar-refractivity contribution >= 4 is 68.1 Å². The van der Waals surface area contributed by atoms with Crippen LogP contribution < -0.4 is 20.3 Å². The largest absolute Gasteiger partial charge is 0.456 e. The van der Waals surface area contributed by atoms with Crippen LogP contribution in [0.4, 0.5) is 21.9 Å². The average molecular weight is 574 g/mol. The topological polar surface area (TPSA) is 104 Å². The van der Waals surface area contributed by atoms with Crippen molar-refractivity contribution < 1.29 is 19.1 Å². The van der Waals surface area contributed by atoms with Crippen molar-refractivity contribution in [1.29, 1.82) is 0 Å². The molecule has 202 valence electrons. The lowest BCUT2D eigenvalue weighted by Gasteiger charge is -2.32. The normalized spacial score (nSPS) is 16.4. The Hall–Kier alpha value is -4.41. The lowest BCUT2D eigenvalue weighted by molar-refractivity contribution is -0.127. The minimum atomic E-state index is -0.430. The molecule has 1 atom stereocenters. The van der Waals surface area contributed by atoms with E-state index in [0.29, 0.717) is 61.8 Å². The highest BCUT2D eigenvalue weighted by atomic mass is 35.5. The van der Waals surface area contributed by atoms with Crippen molar-refractivity contribution in [3.63, 3.8) is 0 Å². The molecule has 0 spiro atoms. The van der Waals surface area contributed by atoms with E-state index in [1.54, 1.807) is 35.4 Å². The highest BCUT2D eigenvalue weighted by Gasteiger charge is 2.34. The second-order valence-corrected chi connectivity index (χ2v) is 10.8. The summed E-state index contributed by atoms with van der Waals surface area (Å²) in [5.74, 6) is 0.628. The molecule has 0 radical (unpaired) electrons.